The fraction of sp³-hybridized carbons (Fsp3) is 0.583. The third kappa shape index (κ3) is 3.11. The summed E-state index contributed by atoms with van der Waals surface area (Å²) in [4.78, 5) is 4.01. The van der Waals surface area contributed by atoms with Crippen LogP contribution in [0.2, 0.25) is 0 Å². The van der Waals surface area contributed by atoms with E-state index in [4.69, 9.17) is 5.73 Å². The highest BCUT2D eigenvalue weighted by Crippen LogP contribution is 2.31. The van der Waals surface area contributed by atoms with Gasteiger partial charge in [-0.3, -0.25) is 4.98 Å². The van der Waals surface area contributed by atoms with Crippen molar-refractivity contribution in [2.45, 2.75) is 27.7 Å². The van der Waals surface area contributed by atoms with Crippen molar-refractivity contribution < 1.29 is 0 Å². The Hall–Kier alpha value is -0.770. The summed E-state index contributed by atoms with van der Waals surface area (Å²) in [6.45, 7) is 9.84. The van der Waals surface area contributed by atoms with Gasteiger partial charge in [0.2, 0.25) is 0 Å². The van der Waals surface area contributed by atoms with Crippen LogP contribution in [0.1, 0.15) is 27.7 Å². The maximum atomic E-state index is 5.87. The summed E-state index contributed by atoms with van der Waals surface area (Å²) >= 11 is 3.45. The lowest BCUT2D eigenvalue weighted by atomic mass is 9.81. The SMILES string of the molecule is CC(C)C(C)(C)CNc1c(N)cncc1Br. The maximum Gasteiger partial charge on any atom is 0.0750 e. The number of aromatic nitrogens is 1. The molecular weight excluding hydrogens is 266 g/mol. The Morgan fingerprint density at radius 3 is 2.56 bits per heavy atom. The van der Waals surface area contributed by atoms with Crippen molar-refractivity contribution in [3.05, 3.63) is 16.9 Å². The molecule has 0 bridgehead atoms. The quantitative estimate of drug-likeness (QED) is 0.890. The molecule has 0 saturated carbocycles. The highest BCUT2D eigenvalue weighted by molar-refractivity contribution is 9.10. The highest BCUT2D eigenvalue weighted by atomic mass is 79.9. The molecule has 1 rings (SSSR count). The molecule has 0 saturated heterocycles. The second-order valence-corrected chi connectivity index (χ2v) is 5.94. The summed E-state index contributed by atoms with van der Waals surface area (Å²) in [7, 11) is 0. The molecule has 1 aromatic heterocycles. The van der Waals surface area contributed by atoms with E-state index in [-0.39, 0.29) is 5.41 Å². The third-order valence-corrected chi connectivity index (χ3v) is 3.81. The number of halogens is 1. The second-order valence-electron chi connectivity index (χ2n) is 5.08. The molecule has 0 aromatic carbocycles. The van der Waals surface area contributed by atoms with Crippen LogP contribution in [0.25, 0.3) is 0 Å². The van der Waals surface area contributed by atoms with E-state index in [0.717, 1.165) is 16.7 Å². The molecule has 1 aromatic rings. The minimum absolute atomic E-state index is 0.231. The summed E-state index contributed by atoms with van der Waals surface area (Å²) in [5.41, 5.74) is 7.71. The molecule has 16 heavy (non-hydrogen) atoms. The second kappa shape index (κ2) is 5.04. The molecule has 0 unspecified atom stereocenters. The lowest BCUT2D eigenvalue weighted by molar-refractivity contribution is 0.269. The Balaban J connectivity index is 2.75. The summed E-state index contributed by atoms with van der Waals surface area (Å²) in [6, 6.07) is 0. The van der Waals surface area contributed by atoms with E-state index in [1.165, 1.54) is 0 Å². The van der Waals surface area contributed by atoms with Crippen molar-refractivity contribution in [3.63, 3.8) is 0 Å². The molecule has 0 fully saturated rings. The van der Waals surface area contributed by atoms with Crippen LogP contribution in [-0.2, 0) is 0 Å². The summed E-state index contributed by atoms with van der Waals surface area (Å²) < 4.78 is 0.909. The first-order valence-electron chi connectivity index (χ1n) is 5.47. The van der Waals surface area contributed by atoms with Crippen LogP contribution in [0.3, 0.4) is 0 Å². The summed E-state index contributed by atoms with van der Waals surface area (Å²) in [5.74, 6) is 0.613. The van der Waals surface area contributed by atoms with E-state index < -0.39 is 0 Å². The highest BCUT2D eigenvalue weighted by Gasteiger charge is 2.22. The van der Waals surface area contributed by atoms with E-state index >= 15 is 0 Å². The number of nitrogens with two attached hydrogens (primary N) is 1. The first kappa shape index (κ1) is 13.3. The maximum absolute atomic E-state index is 5.87. The lowest BCUT2D eigenvalue weighted by Crippen LogP contribution is -2.28. The number of hydrogen-bond acceptors (Lipinski definition) is 3. The Labute approximate surface area is 106 Å². The third-order valence-electron chi connectivity index (χ3n) is 3.21. The lowest BCUT2D eigenvalue weighted by Gasteiger charge is -2.30. The predicted octanol–water partition coefficient (Wildman–Crippen LogP) is 3.52. The number of nitrogen functional groups attached to an aromatic ring is 1. The number of rotatable bonds is 4. The van der Waals surface area contributed by atoms with Crippen LogP contribution < -0.4 is 11.1 Å². The van der Waals surface area contributed by atoms with E-state index in [0.29, 0.717) is 11.6 Å². The first-order valence-corrected chi connectivity index (χ1v) is 6.26. The van der Waals surface area contributed by atoms with Crippen LogP contribution in [0.15, 0.2) is 16.9 Å². The zero-order chi connectivity index (χ0) is 12.3. The van der Waals surface area contributed by atoms with Gasteiger partial charge in [0.1, 0.15) is 0 Å². The smallest absolute Gasteiger partial charge is 0.0750 e. The Morgan fingerprint density at radius 1 is 1.44 bits per heavy atom. The topological polar surface area (TPSA) is 50.9 Å². The van der Waals surface area contributed by atoms with Gasteiger partial charge in [0.15, 0.2) is 0 Å². The van der Waals surface area contributed by atoms with Crippen molar-refractivity contribution >= 4 is 27.3 Å². The Morgan fingerprint density at radius 2 is 2.06 bits per heavy atom. The largest absolute Gasteiger partial charge is 0.396 e. The molecule has 0 radical (unpaired) electrons. The van der Waals surface area contributed by atoms with Gasteiger partial charge in [-0.05, 0) is 27.3 Å². The average Bonchev–Trinajstić information content (AvgIpc) is 2.16. The van der Waals surface area contributed by atoms with Gasteiger partial charge in [-0.1, -0.05) is 27.7 Å². The molecule has 0 aliphatic rings. The minimum atomic E-state index is 0.231. The van der Waals surface area contributed by atoms with E-state index in [9.17, 15) is 0 Å². The minimum Gasteiger partial charge on any atom is -0.396 e. The molecule has 0 atom stereocenters. The van der Waals surface area contributed by atoms with Gasteiger partial charge in [-0.2, -0.15) is 0 Å². The zero-order valence-electron chi connectivity index (χ0n) is 10.3. The predicted molar refractivity (Wildman–Crippen MR) is 73.5 cm³/mol. The number of nitrogens with zero attached hydrogens (tertiary/aromatic N) is 1. The van der Waals surface area contributed by atoms with Crippen LogP contribution >= 0.6 is 15.9 Å². The van der Waals surface area contributed by atoms with E-state index in [2.05, 4.69) is 53.9 Å². The standard InChI is InChI=1S/C12H20BrN3/c1-8(2)12(3,4)7-16-11-9(13)5-15-6-10(11)14/h5-6,8H,7,14H2,1-4H3,(H,15,16). The molecule has 0 aliphatic heterocycles. The molecule has 0 spiro atoms. The zero-order valence-corrected chi connectivity index (χ0v) is 11.9. The average molecular weight is 286 g/mol. The van der Waals surface area contributed by atoms with Gasteiger partial charge < -0.3 is 11.1 Å². The Kier molecular flexibility index (Phi) is 4.19. The molecular formula is C12H20BrN3. The van der Waals surface area contributed by atoms with Gasteiger partial charge >= 0.3 is 0 Å². The molecule has 3 nitrogen and oxygen atoms in total. The van der Waals surface area contributed by atoms with Crippen molar-refractivity contribution in [1.29, 1.82) is 0 Å². The summed E-state index contributed by atoms with van der Waals surface area (Å²) in [5, 5.41) is 3.39. The van der Waals surface area contributed by atoms with Gasteiger partial charge in [0.25, 0.3) is 0 Å². The Bertz CT molecular complexity index is 341. The van der Waals surface area contributed by atoms with Gasteiger partial charge in [-0.15, -0.1) is 0 Å². The fourth-order valence-electron chi connectivity index (χ4n) is 1.16. The van der Waals surface area contributed by atoms with Crippen molar-refractivity contribution in [2.24, 2.45) is 11.3 Å². The molecule has 0 amide bonds. The molecule has 3 N–H and O–H groups in total. The molecule has 90 valence electrons. The van der Waals surface area contributed by atoms with Crippen LogP contribution in [0.5, 0.6) is 0 Å². The first-order chi connectivity index (χ1) is 7.34. The number of pyridine rings is 1. The van der Waals surface area contributed by atoms with E-state index in [1.54, 1.807) is 12.4 Å². The van der Waals surface area contributed by atoms with Crippen LogP contribution in [-0.4, -0.2) is 11.5 Å². The number of hydrogen-bond donors (Lipinski definition) is 2. The van der Waals surface area contributed by atoms with Crippen molar-refractivity contribution in [1.82, 2.24) is 4.98 Å². The molecule has 0 aliphatic carbocycles. The molecule has 1 heterocycles. The van der Waals surface area contributed by atoms with Gasteiger partial charge in [-0.25, -0.2) is 0 Å². The van der Waals surface area contributed by atoms with Crippen LogP contribution in [0, 0.1) is 11.3 Å². The number of nitrogens with one attached hydrogen (secondary N) is 1. The monoisotopic (exact) mass is 285 g/mol. The van der Waals surface area contributed by atoms with Crippen molar-refractivity contribution in [3.8, 4) is 0 Å². The van der Waals surface area contributed by atoms with Crippen LogP contribution in [0.4, 0.5) is 11.4 Å². The van der Waals surface area contributed by atoms with Crippen molar-refractivity contribution in [2.75, 3.05) is 17.6 Å². The normalized spacial score (nSPS) is 11.9. The number of anilines is 2. The fourth-order valence-corrected chi connectivity index (χ4v) is 1.64. The van der Waals surface area contributed by atoms with E-state index in [1.807, 2.05) is 0 Å². The van der Waals surface area contributed by atoms with Gasteiger partial charge in [0.05, 0.1) is 22.0 Å². The summed E-state index contributed by atoms with van der Waals surface area (Å²) in [6.07, 6.45) is 3.41. The molecule has 4 heteroatoms. The van der Waals surface area contributed by atoms with Gasteiger partial charge in [0, 0.05) is 12.7 Å².